The number of ether oxygens (including phenoxy) is 2. The van der Waals surface area contributed by atoms with Gasteiger partial charge in [-0.1, -0.05) is 30.5 Å². The molecule has 1 saturated heterocycles. The molecule has 1 aromatic rings. The monoisotopic (exact) mass is 538 g/mol. The number of nitrogens with one attached hydrogen (secondary N) is 3. The summed E-state index contributed by atoms with van der Waals surface area (Å²) in [5, 5.41) is 20.5. The standard InChI is InChI=1S/C27H43ClN4O5/c1-18-10-11-21(28)15-22(18)25(37-14-12-30-27(35)36-3)20-9-6-13-32(17-20)26(34)31-23(16-29-2)24(33)19-7-4-5-8-19/h10-11,15,19-20,23-25,29,33H,4-9,12-14,16-17H2,1-3H3,(H,30,35)(H,31,34)/t20-,23-,24-,25?/m1/s1. The van der Waals surface area contributed by atoms with E-state index in [1.54, 1.807) is 0 Å². The Balaban J connectivity index is 1.69. The minimum Gasteiger partial charge on any atom is -0.453 e. The van der Waals surface area contributed by atoms with Gasteiger partial charge in [-0.2, -0.15) is 0 Å². The van der Waals surface area contributed by atoms with Gasteiger partial charge in [0, 0.05) is 37.1 Å². The first-order valence-corrected chi connectivity index (χ1v) is 13.8. The van der Waals surface area contributed by atoms with Crippen molar-refractivity contribution in [3.8, 4) is 0 Å². The number of nitrogens with zero attached hydrogens (tertiary/aromatic N) is 1. The third-order valence-corrected chi connectivity index (χ3v) is 7.84. The van der Waals surface area contributed by atoms with E-state index >= 15 is 0 Å². The molecule has 1 heterocycles. The first-order chi connectivity index (χ1) is 17.8. The molecule has 0 bridgehead atoms. The number of aliphatic hydroxyl groups is 1. The molecule has 1 aromatic carbocycles. The van der Waals surface area contributed by atoms with Crippen molar-refractivity contribution >= 4 is 23.7 Å². The van der Waals surface area contributed by atoms with Crippen LogP contribution in [0.3, 0.4) is 0 Å². The third-order valence-electron chi connectivity index (χ3n) is 7.60. The number of aryl methyl sites for hydroxylation is 1. The van der Waals surface area contributed by atoms with Crippen LogP contribution in [0.25, 0.3) is 0 Å². The molecule has 0 spiro atoms. The number of carbonyl (C=O) groups excluding carboxylic acids is 2. The van der Waals surface area contributed by atoms with Crippen molar-refractivity contribution in [3.05, 3.63) is 34.3 Å². The van der Waals surface area contributed by atoms with E-state index in [-0.39, 0.29) is 30.0 Å². The lowest BCUT2D eigenvalue weighted by molar-refractivity contribution is -0.00954. The Hall–Kier alpha value is -2.07. The van der Waals surface area contributed by atoms with Gasteiger partial charge in [0.15, 0.2) is 0 Å². The van der Waals surface area contributed by atoms with Gasteiger partial charge in [-0.05, 0) is 68.8 Å². The van der Waals surface area contributed by atoms with Crippen LogP contribution in [-0.4, -0.2) is 81.2 Å². The van der Waals surface area contributed by atoms with E-state index in [1.807, 2.05) is 37.1 Å². The number of likely N-dealkylation sites (tertiary alicyclic amines) is 1. The molecule has 4 N–H and O–H groups in total. The normalized spacial score (nSPS) is 20.8. The maximum absolute atomic E-state index is 13.3. The largest absolute Gasteiger partial charge is 0.453 e. The Kier molecular flexibility index (Phi) is 11.8. The zero-order chi connectivity index (χ0) is 26.8. The first kappa shape index (κ1) is 29.5. The molecule has 1 unspecified atom stereocenters. The van der Waals surface area contributed by atoms with Crippen LogP contribution in [0.4, 0.5) is 9.59 Å². The highest BCUT2D eigenvalue weighted by molar-refractivity contribution is 6.30. The van der Waals surface area contributed by atoms with Crippen LogP contribution in [0, 0.1) is 18.8 Å². The Morgan fingerprint density at radius 2 is 1.92 bits per heavy atom. The molecular weight excluding hydrogens is 496 g/mol. The van der Waals surface area contributed by atoms with Gasteiger partial charge in [0.05, 0.1) is 32.0 Å². The van der Waals surface area contributed by atoms with Gasteiger partial charge in [-0.25, -0.2) is 9.59 Å². The van der Waals surface area contributed by atoms with Crippen LogP contribution in [0.15, 0.2) is 18.2 Å². The van der Waals surface area contributed by atoms with Gasteiger partial charge in [0.2, 0.25) is 0 Å². The molecule has 2 aliphatic rings. The third kappa shape index (κ3) is 8.46. The van der Waals surface area contributed by atoms with Crippen LogP contribution in [0.1, 0.15) is 55.8 Å². The lowest BCUT2D eigenvalue weighted by Gasteiger charge is -2.38. The van der Waals surface area contributed by atoms with Crippen LogP contribution >= 0.6 is 11.6 Å². The highest BCUT2D eigenvalue weighted by Crippen LogP contribution is 2.36. The zero-order valence-electron chi connectivity index (χ0n) is 22.3. The summed E-state index contributed by atoms with van der Waals surface area (Å²) >= 11 is 6.34. The molecule has 9 nitrogen and oxygen atoms in total. The number of methoxy groups -OCH3 is 1. The maximum atomic E-state index is 13.3. The lowest BCUT2D eigenvalue weighted by atomic mass is 9.86. The summed E-state index contributed by atoms with van der Waals surface area (Å²) in [5.41, 5.74) is 2.05. The van der Waals surface area contributed by atoms with E-state index in [1.165, 1.54) is 7.11 Å². The zero-order valence-corrected chi connectivity index (χ0v) is 23.1. The maximum Gasteiger partial charge on any atom is 0.406 e. The van der Waals surface area contributed by atoms with Crippen LogP contribution in [-0.2, 0) is 9.47 Å². The molecule has 1 saturated carbocycles. The quantitative estimate of drug-likeness (QED) is 0.320. The molecule has 37 heavy (non-hydrogen) atoms. The van der Waals surface area contributed by atoms with Crippen molar-refractivity contribution < 1.29 is 24.2 Å². The van der Waals surface area contributed by atoms with Crippen LogP contribution in [0.5, 0.6) is 0 Å². The smallest absolute Gasteiger partial charge is 0.406 e. The van der Waals surface area contributed by atoms with E-state index in [0.717, 1.165) is 49.7 Å². The van der Waals surface area contributed by atoms with Crippen molar-refractivity contribution in [3.63, 3.8) is 0 Å². The molecule has 2 fully saturated rings. The second-order valence-electron chi connectivity index (χ2n) is 10.2. The lowest BCUT2D eigenvalue weighted by Crippen LogP contribution is -2.56. The number of carbonyl (C=O) groups is 2. The number of halogens is 1. The summed E-state index contributed by atoms with van der Waals surface area (Å²) in [6.07, 6.45) is 4.67. The fourth-order valence-corrected chi connectivity index (χ4v) is 5.79. The molecule has 0 radical (unpaired) electrons. The van der Waals surface area contributed by atoms with Crippen molar-refractivity contribution in [1.82, 2.24) is 20.9 Å². The first-order valence-electron chi connectivity index (χ1n) is 13.4. The average molecular weight is 539 g/mol. The summed E-state index contributed by atoms with van der Waals surface area (Å²) in [6.45, 7) is 4.32. The Morgan fingerprint density at radius 1 is 1.19 bits per heavy atom. The summed E-state index contributed by atoms with van der Waals surface area (Å²) in [4.78, 5) is 26.6. The highest BCUT2D eigenvalue weighted by Gasteiger charge is 2.35. The fraction of sp³-hybridized carbons (Fsp3) is 0.704. The van der Waals surface area contributed by atoms with Gasteiger partial charge < -0.3 is 35.4 Å². The molecule has 3 amide bonds. The molecule has 1 aliphatic heterocycles. The van der Waals surface area contributed by atoms with E-state index in [2.05, 4.69) is 20.7 Å². The number of alkyl carbamates (subject to hydrolysis) is 1. The minimum absolute atomic E-state index is 0.0531. The number of piperidine rings is 1. The second-order valence-corrected chi connectivity index (χ2v) is 10.6. The van der Waals surface area contributed by atoms with Gasteiger partial charge in [-0.3, -0.25) is 0 Å². The van der Waals surface area contributed by atoms with Crippen molar-refractivity contribution in [2.45, 2.75) is 63.7 Å². The van der Waals surface area contributed by atoms with Gasteiger partial charge in [-0.15, -0.1) is 0 Å². The number of amides is 3. The van der Waals surface area contributed by atoms with Gasteiger partial charge in [0.1, 0.15) is 0 Å². The molecule has 1 aliphatic carbocycles. The van der Waals surface area contributed by atoms with Crippen molar-refractivity contribution in [2.75, 3.05) is 46.9 Å². The Morgan fingerprint density at radius 3 is 2.62 bits per heavy atom. The number of aliphatic hydroxyl groups excluding tert-OH is 1. The molecular formula is C27H43ClN4O5. The summed E-state index contributed by atoms with van der Waals surface area (Å²) in [7, 11) is 3.16. The van der Waals surface area contributed by atoms with Gasteiger partial charge >= 0.3 is 12.1 Å². The molecule has 10 heteroatoms. The fourth-order valence-electron chi connectivity index (χ4n) is 5.60. The van der Waals surface area contributed by atoms with Crippen LogP contribution in [0.2, 0.25) is 5.02 Å². The highest BCUT2D eigenvalue weighted by atomic mass is 35.5. The number of hydrogen-bond donors (Lipinski definition) is 4. The number of urea groups is 1. The number of benzene rings is 1. The second kappa shape index (κ2) is 14.8. The topological polar surface area (TPSA) is 112 Å². The number of rotatable bonds is 11. The molecule has 0 aromatic heterocycles. The summed E-state index contributed by atoms with van der Waals surface area (Å²) in [6, 6.07) is 5.26. The summed E-state index contributed by atoms with van der Waals surface area (Å²) in [5.74, 6) is 0.284. The van der Waals surface area contributed by atoms with E-state index in [9.17, 15) is 14.7 Å². The van der Waals surface area contributed by atoms with E-state index in [0.29, 0.717) is 37.8 Å². The minimum atomic E-state index is -0.563. The Bertz CT molecular complexity index is 882. The predicted octanol–water partition coefficient (Wildman–Crippen LogP) is 3.62. The van der Waals surface area contributed by atoms with Crippen molar-refractivity contribution in [2.24, 2.45) is 11.8 Å². The van der Waals surface area contributed by atoms with Crippen LogP contribution < -0.4 is 16.0 Å². The van der Waals surface area contributed by atoms with E-state index in [4.69, 9.17) is 16.3 Å². The Labute approximate surface area is 225 Å². The number of likely N-dealkylation sites (N-methyl/N-ethyl adjacent to an activating group) is 1. The van der Waals surface area contributed by atoms with Gasteiger partial charge in [0.25, 0.3) is 0 Å². The SMILES string of the molecule is CNC[C@@H](NC(=O)N1CCC[C@@H](C(OCCNC(=O)OC)c2cc(Cl)ccc2C)C1)[C@H](O)C1CCCC1. The summed E-state index contributed by atoms with van der Waals surface area (Å²) < 4.78 is 10.9. The predicted molar refractivity (Wildman–Crippen MR) is 144 cm³/mol. The molecule has 4 atom stereocenters. The average Bonchev–Trinajstić information content (AvgIpc) is 3.44. The van der Waals surface area contributed by atoms with E-state index < -0.39 is 12.2 Å². The number of hydrogen-bond acceptors (Lipinski definition) is 6. The van der Waals surface area contributed by atoms with Crippen molar-refractivity contribution in [1.29, 1.82) is 0 Å². The molecule has 3 rings (SSSR count). The molecule has 208 valence electrons.